The van der Waals surface area contributed by atoms with E-state index in [-0.39, 0.29) is 27.3 Å². The second-order valence-corrected chi connectivity index (χ2v) is 6.45. The maximum absolute atomic E-state index is 10.3. The number of aliphatic carboxylic acids is 1. The Morgan fingerprint density at radius 3 is 1.14 bits per heavy atom. The summed E-state index contributed by atoms with van der Waals surface area (Å²) in [5.41, 5.74) is 0. The molecule has 0 saturated carbocycles. The van der Waals surface area contributed by atoms with Crippen molar-refractivity contribution < 1.29 is 37.2 Å². The molecule has 22 heavy (non-hydrogen) atoms. The molecule has 0 bridgehead atoms. The van der Waals surface area contributed by atoms with Gasteiger partial charge in [0.25, 0.3) is 0 Å². The minimum absolute atomic E-state index is 0. The third kappa shape index (κ3) is 22.7. The largest absolute Gasteiger partial charge is 0.481 e. The van der Waals surface area contributed by atoms with Crippen LogP contribution < -0.4 is 0 Å². The summed E-state index contributed by atoms with van der Waals surface area (Å²) in [5.74, 6) is -0.652. The van der Waals surface area contributed by atoms with Crippen LogP contribution in [0.25, 0.3) is 0 Å². The normalized spacial score (nSPS) is 10.4. The Kier molecular flexibility index (Phi) is 24.0. The Labute approximate surface area is 159 Å². The van der Waals surface area contributed by atoms with Gasteiger partial charge in [-0.1, -0.05) is 103 Å². The van der Waals surface area contributed by atoms with Crippen molar-refractivity contribution in [1.29, 1.82) is 0 Å². The molecule has 0 aromatic heterocycles. The number of carboxylic acids is 1. The monoisotopic (exact) mass is 412 g/mol. The van der Waals surface area contributed by atoms with Gasteiger partial charge in [0.05, 0.1) is 0 Å². The second kappa shape index (κ2) is 21.4. The molecule has 0 aliphatic heterocycles. The molecule has 0 rings (SSSR count). The summed E-state index contributed by atoms with van der Waals surface area (Å²) in [6, 6.07) is 0. The van der Waals surface area contributed by atoms with Gasteiger partial charge >= 0.3 is 5.97 Å². The molecule has 0 fully saturated rings. The molecular formula is C19H38CdO2. The Morgan fingerprint density at radius 2 is 0.864 bits per heavy atom. The Morgan fingerprint density at radius 1 is 0.591 bits per heavy atom. The number of hydrogen-bond acceptors (Lipinski definition) is 1. The number of carboxylic acid groups (broad SMARTS) is 1. The first-order chi connectivity index (χ1) is 10.3. The van der Waals surface area contributed by atoms with Crippen molar-refractivity contribution in [3.63, 3.8) is 0 Å². The molecule has 0 spiro atoms. The molecule has 0 atom stereocenters. The summed E-state index contributed by atoms with van der Waals surface area (Å²) in [5, 5.41) is 8.53. The van der Waals surface area contributed by atoms with Crippen LogP contribution in [-0.4, -0.2) is 11.1 Å². The Balaban J connectivity index is 0. The molecule has 0 saturated heterocycles. The first-order valence-corrected chi connectivity index (χ1v) is 9.49. The fraction of sp³-hybridized carbons (Fsp3) is 0.947. The van der Waals surface area contributed by atoms with Crippen LogP contribution >= 0.6 is 0 Å². The fourth-order valence-corrected chi connectivity index (χ4v) is 2.82. The van der Waals surface area contributed by atoms with Gasteiger partial charge in [-0.2, -0.15) is 0 Å². The van der Waals surface area contributed by atoms with Gasteiger partial charge in [0.2, 0.25) is 0 Å². The zero-order valence-electron chi connectivity index (χ0n) is 15.1. The minimum atomic E-state index is -0.652. The molecule has 0 amide bonds. The molecule has 0 aromatic carbocycles. The first kappa shape index (κ1) is 24.6. The SMILES string of the molecule is CCCCCCCCCCCCCCCCCCC(=O)O.[Cd]. The van der Waals surface area contributed by atoms with Crippen molar-refractivity contribution in [2.24, 2.45) is 0 Å². The number of carbonyl (C=O) groups is 1. The fourth-order valence-electron chi connectivity index (χ4n) is 2.82. The Hall–Kier alpha value is 0.392. The molecule has 0 unspecified atom stereocenters. The van der Waals surface area contributed by atoms with Crippen molar-refractivity contribution in [3.8, 4) is 0 Å². The predicted octanol–water partition coefficient (Wildman–Crippen LogP) is 6.72. The molecule has 128 valence electrons. The van der Waals surface area contributed by atoms with Crippen LogP contribution in [0.1, 0.15) is 116 Å². The summed E-state index contributed by atoms with van der Waals surface area (Å²) < 4.78 is 0. The summed E-state index contributed by atoms with van der Waals surface area (Å²) in [4.78, 5) is 10.3. The second-order valence-electron chi connectivity index (χ2n) is 6.45. The first-order valence-electron chi connectivity index (χ1n) is 9.49. The van der Waals surface area contributed by atoms with Crippen LogP contribution in [0.4, 0.5) is 0 Å². The average molecular weight is 411 g/mol. The van der Waals surface area contributed by atoms with Gasteiger partial charge in [-0.05, 0) is 6.42 Å². The minimum Gasteiger partial charge on any atom is -0.481 e. The number of rotatable bonds is 17. The predicted molar refractivity (Wildman–Crippen MR) is 91.8 cm³/mol. The zero-order chi connectivity index (χ0) is 15.6. The molecule has 0 radical (unpaired) electrons. The van der Waals surface area contributed by atoms with Crippen LogP contribution in [0.3, 0.4) is 0 Å². The van der Waals surface area contributed by atoms with Gasteiger partial charge in [0.15, 0.2) is 0 Å². The zero-order valence-corrected chi connectivity index (χ0v) is 19.1. The summed E-state index contributed by atoms with van der Waals surface area (Å²) >= 11 is 0. The van der Waals surface area contributed by atoms with Crippen LogP contribution in [0.15, 0.2) is 0 Å². The number of hydrogen-bond donors (Lipinski definition) is 1. The molecule has 0 aromatic rings. The van der Waals surface area contributed by atoms with Crippen LogP contribution in [0.2, 0.25) is 0 Å². The van der Waals surface area contributed by atoms with E-state index in [0.717, 1.165) is 12.8 Å². The third-order valence-corrected chi connectivity index (χ3v) is 4.24. The van der Waals surface area contributed by atoms with Gasteiger partial charge < -0.3 is 5.11 Å². The number of unbranched alkanes of at least 4 members (excludes halogenated alkanes) is 15. The van der Waals surface area contributed by atoms with E-state index in [0.29, 0.717) is 6.42 Å². The summed E-state index contributed by atoms with van der Waals surface area (Å²) in [6.07, 6.45) is 21.7. The van der Waals surface area contributed by atoms with Gasteiger partial charge in [-0.25, -0.2) is 0 Å². The molecular weight excluding hydrogens is 373 g/mol. The van der Waals surface area contributed by atoms with E-state index in [4.69, 9.17) is 5.11 Å². The third-order valence-electron chi connectivity index (χ3n) is 4.24. The molecule has 1 N–H and O–H groups in total. The van der Waals surface area contributed by atoms with Crippen molar-refractivity contribution in [2.45, 2.75) is 116 Å². The van der Waals surface area contributed by atoms with Crippen LogP contribution in [0.5, 0.6) is 0 Å². The van der Waals surface area contributed by atoms with E-state index in [1.54, 1.807) is 0 Å². The van der Waals surface area contributed by atoms with Gasteiger partial charge in [0.1, 0.15) is 0 Å². The molecule has 3 heteroatoms. The standard InChI is InChI=1S/C19H38O2.Cd/c1-2-3-4-5-6-7-8-9-10-11-12-13-14-15-16-17-18-19(20)21;/h2-18H2,1H3,(H,20,21);. The molecule has 0 aliphatic carbocycles. The molecule has 0 heterocycles. The van der Waals surface area contributed by atoms with E-state index in [1.165, 1.54) is 89.9 Å². The van der Waals surface area contributed by atoms with Crippen molar-refractivity contribution >= 4 is 5.97 Å². The van der Waals surface area contributed by atoms with E-state index in [9.17, 15) is 4.79 Å². The quantitative estimate of drug-likeness (QED) is 0.213. The maximum atomic E-state index is 10.3. The van der Waals surface area contributed by atoms with Gasteiger partial charge in [0, 0.05) is 33.7 Å². The topological polar surface area (TPSA) is 37.3 Å². The van der Waals surface area contributed by atoms with Gasteiger partial charge in [-0.3, -0.25) is 4.79 Å². The summed E-state index contributed by atoms with van der Waals surface area (Å²) in [6.45, 7) is 2.27. The van der Waals surface area contributed by atoms with E-state index in [2.05, 4.69) is 6.92 Å². The van der Waals surface area contributed by atoms with Crippen LogP contribution in [-0.2, 0) is 32.1 Å². The average Bonchev–Trinajstić information content (AvgIpc) is 2.46. The van der Waals surface area contributed by atoms with E-state index in [1.807, 2.05) is 0 Å². The molecule has 0 aliphatic rings. The van der Waals surface area contributed by atoms with Crippen molar-refractivity contribution in [1.82, 2.24) is 0 Å². The van der Waals surface area contributed by atoms with Gasteiger partial charge in [-0.15, -0.1) is 0 Å². The molecule has 2 nitrogen and oxygen atoms in total. The van der Waals surface area contributed by atoms with Crippen molar-refractivity contribution in [2.75, 3.05) is 0 Å². The smallest absolute Gasteiger partial charge is 0.303 e. The van der Waals surface area contributed by atoms with E-state index >= 15 is 0 Å². The maximum Gasteiger partial charge on any atom is 0.303 e. The van der Waals surface area contributed by atoms with Crippen molar-refractivity contribution in [3.05, 3.63) is 0 Å². The van der Waals surface area contributed by atoms with E-state index < -0.39 is 5.97 Å². The van der Waals surface area contributed by atoms with Crippen LogP contribution in [0, 0.1) is 0 Å². The Bertz CT molecular complexity index is 219. The summed E-state index contributed by atoms with van der Waals surface area (Å²) in [7, 11) is 0.